The van der Waals surface area contributed by atoms with Crippen molar-refractivity contribution in [2.45, 2.75) is 25.9 Å². The van der Waals surface area contributed by atoms with E-state index in [2.05, 4.69) is 15.0 Å². The Kier molecular flexibility index (Phi) is 4.28. The molecule has 1 aliphatic rings. The highest BCUT2D eigenvalue weighted by Crippen LogP contribution is 2.26. The topological polar surface area (TPSA) is 84.2 Å². The van der Waals surface area contributed by atoms with Crippen molar-refractivity contribution in [2.75, 3.05) is 20.6 Å². The lowest BCUT2D eigenvalue weighted by molar-refractivity contribution is -0.128. The fraction of sp³-hybridized carbons (Fsp3) is 0.438. The molecule has 0 saturated carbocycles. The summed E-state index contributed by atoms with van der Waals surface area (Å²) in [5.74, 6) is 0.640. The molecule has 0 bridgehead atoms. The summed E-state index contributed by atoms with van der Waals surface area (Å²) >= 11 is 0. The molecule has 8 heteroatoms. The Morgan fingerprint density at radius 3 is 2.75 bits per heavy atom. The van der Waals surface area contributed by atoms with Gasteiger partial charge in [0.05, 0.1) is 24.4 Å². The molecule has 0 N–H and O–H groups in total. The molecule has 2 aromatic heterocycles. The Morgan fingerprint density at radius 1 is 1.29 bits per heavy atom. The van der Waals surface area contributed by atoms with Crippen molar-refractivity contribution in [1.29, 1.82) is 0 Å². The Morgan fingerprint density at radius 2 is 2.08 bits per heavy atom. The second kappa shape index (κ2) is 6.38. The number of aromatic nitrogens is 4. The summed E-state index contributed by atoms with van der Waals surface area (Å²) in [4.78, 5) is 40.4. The van der Waals surface area contributed by atoms with Gasteiger partial charge >= 0.3 is 0 Å². The molecule has 2 amide bonds. The number of carbonyl (C=O) groups is 2. The van der Waals surface area contributed by atoms with Crippen molar-refractivity contribution in [1.82, 2.24) is 29.3 Å². The van der Waals surface area contributed by atoms with Gasteiger partial charge in [0.25, 0.3) is 5.91 Å². The van der Waals surface area contributed by atoms with Crippen LogP contribution in [-0.2, 0) is 17.8 Å². The average molecular weight is 328 g/mol. The first-order valence-corrected chi connectivity index (χ1v) is 7.80. The first kappa shape index (κ1) is 16.1. The van der Waals surface area contributed by atoms with Crippen LogP contribution in [0.3, 0.4) is 0 Å². The van der Waals surface area contributed by atoms with Gasteiger partial charge in [0.2, 0.25) is 5.91 Å². The highest BCUT2D eigenvalue weighted by Gasteiger charge is 2.31. The van der Waals surface area contributed by atoms with E-state index in [-0.39, 0.29) is 24.3 Å². The fourth-order valence-corrected chi connectivity index (χ4v) is 2.78. The molecule has 2 aromatic rings. The van der Waals surface area contributed by atoms with Gasteiger partial charge in [0, 0.05) is 45.8 Å². The molecule has 8 nitrogen and oxygen atoms in total. The summed E-state index contributed by atoms with van der Waals surface area (Å²) in [5, 5.41) is 0. The molecule has 0 fully saturated rings. The summed E-state index contributed by atoms with van der Waals surface area (Å²) in [6, 6.07) is -0.184. The second-order valence-corrected chi connectivity index (χ2v) is 6.01. The quantitative estimate of drug-likeness (QED) is 0.820. The van der Waals surface area contributed by atoms with Gasteiger partial charge < -0.3 is 14.4 Å². The molecule has 0 saturated heterocycles. The molecule has 3 rings (SSSR count). The number of rotatable bonds is 3. The predicted octanol–water partition coefficient (Wildman–Crippen LogP) is 0.521. The minimum absolute atomic E-state index is 0.00518. The van der Waals surface area contributed by atoms with E-state index in [1.165, 1.54) is 18.6 Å². The van der Waals surface area contributed by atoms with Gasteiger partial charge in [-0.2, -0.15) is 0 Å². The molecule has 0 aliphatic carbocycles. The Labute approximate surface area is 140 Å². The zero-order chi connectivity index (χ0) is 17.3. The molecule has 0 aromatic carbocycles. The van der Waals surface area contributed by atoms with E-state index >= 15 is 0 Å². The minimum atomic E-state index is -0.184. The number of nitrogens with zero attached hydrogens (tertiary/aromatic N) is 6. The number of hydrogen-bond acceptors (Lipinski definition) is 5. The third-order valence-corrected chi connectivity index (χ3v) is 4.15. The van der Waals surface area contributed by atoms with Crippen LogP contribution in [-0.4, -0.2) is 61.8 Å². The molecule has 0 radical (unpaired) electrons. The van der Waals surface area contributed by atoms with Crippen molar-refractivity contribution >= 4 is 11.8 Å². The molecule has 0 unspecified atom stereocenters. The van der Waals surface area contributed by atoms with Gasteiger partial charge in [0.15, 0.2) is 0 Å². The van der Waals surface area contributed by atoms with Gasteiger partial charge in [-0.05, 0) is 6.92 Å². The molecule has 126 valence electrons. The van der Waals surface area contributed by atoms with Crippen LogP contribution in [0.25, 0.3) is 0 Å². The Balaban J connectivity index is 1.80. The number of amides is 2. The van der Waals surface area contributed by atoms with Crippen molar-refractivity contribution in [3.05, 3.63) is 42.0 Å². The number of carbonyl (C=O) groups excluding carboxylic acids is 2. The van der Waals surface area contributed by atoms with E-state index < -0.39 is 0 Å². The van der Waals surface area contributed by atoms with E-state index in [9.17, 15) is 9.59 Å². The summed E-state index contributed by atoms with van der Waals surface area (Å²) in [5.41, 5.74) is 1.05. The SMILES string of the molecule is C[C@@H]1c2nc(CC(=O)N(C)C)cn2CCN1C(=O)c1cnccn1. The maximum Gasteiger partial charge on any atom is 0.274 e. The van der Waals surface area contributed by atoms with E-state index in [1.807, 2.05) is 17.7 Å². The van der Waals surface area contributed by atoms with Crippen LogP contribution in [0.4, 0.5) is 0 Å². The summed E-state index contributed by atoms with van der Waals surface area (Å²) < 4.78 is 2.02. The van der Waals surface area contributed by atoms with Crippen molar-refractivity contribution in [2.24, 2.45) is 0 Å². The normalized spacial score (nSPS) is 16.6. The van der Waals surface area contributed by atoms with Crippen molar-refractivity contribution in [3.8, 4) is 0 Å². The van der Waals surface area contributed by atoms with E-state index in [0.717, 1.165) is 11.5 Å². The molecule has 1 aliphatic heterocycles. The highest BCUT2D eigenvalue weighted by atomic mass is 16.2. The third kappa shape index (κ3) is 2.99. The van der Waals surface area contributed by atoms with Crippen molar-refractivity contribution in [3.63, 3.8) is 0 Å². The molecule has 0 spiro atoms. The second-order valence-electron chi connectivity index (χ2n) is 6.01. The average Bonchev–Trinajstić information content (AvgIpc) is 2.99. The smallest absolute Gasteiger partial charge is 0.274 e. The first-order chi connectivity index (χ1) is 11.5. The fourth-order valence-electron chi connectivity index (χ4n) is 2.78. The lowest BCUT2D eigenvalue weighted by atomic mass is 10.2. The minimum Gasteiger partial charge on any atom is -0.348 e. The molecule has 1 atom stereocenters. The summed E-state index contributed by atoms with van der Waals surface area (Å²) in [6.45, 7) is 3.15. The van der Waals surface area contributed by atoms with Crippen LogP contribution >= 0.6 is 0 Å². The van der Waals surface area contributed by atoms with Crippen LogP contribution in [0.2, 0.25) is 0 Å². The van der Waals surface area contributed by atoms with Crippen LogP contribution in [0, 0.1) is 0 Å². The third-order valence-electron chi connectivity index (χ3n) is 4.15. The van der Waals surface area contributed by atoms with Crippen LogP contribution in [0.15, 0.2) is 24.8 Å². The van der Waals surface area contributed by atoms with Gasteiger partial charge in [-0.3, -0.25) is 14.6 Å². The lowest BCUT2D eigenvalue weighted by Crippen LogP contribution is -2.41. The Bertz CT molecular complexity index is 755. The van der Waals surface area contributed by atoms with Gasteiger partial charge in [-0.1, -0.05) is 0 Å². The lowest BCUT2D eigenvalue weighted by Gasteiger charge is -2.33. The maximum absolute atomic E-state index is 12.6. The van der Waals surface area contributed by atoms with Gasteiger partial charge in [0.1, 0.15) is 11.5 Å². The molecular weight excluding hydrogens is 308 g/mol. The van der Waals surface area contributed by atoms with Crippen LogP contribution < -0.4 is 0 Å². The Hall–Kier alpha value is -2.77. The number of likely N-dealkylation sites (N-methyl/N-ethyl adjacent to an activating group) is 1. The maximum atomic E-state index is 12.6. The first-order valence-electron chi connectivity index (χ1n) is 7.80. The van der Waals surface area contributed by atoms with Crippen molar-refractivity contribution < 1.29 is 9.59 Å². The molecule has 3 heterocycles. The predicted molar refractivity (Wildman–Crippen MR) is 86.1 cm³/mol. The van der Waals surface area contributed by atoms with Gasteiger partial charge in [-0.25, -0.2) is 9.97 Å². The number of fused-ring (bicyclic) bond motifs is 1. The van der Waals surface area contributed by atoms with E-state index in [0.29, 0.717) is 18.8 Å². The van der Waals surface area contributed by atoms with Crippen LogP contribution in [0.5, 0.6) is 0 Å². The van der Waals surface area contributed by atoms with E-state index in [4.69, 9.17) is 0 Å². The zero-order valence-electron chi connectivity index (χ0n) is 14.0. The largest absolute Gasteiger partial charge is 0.348 e. The number of imidazole rings is 1. The van der Waals surface area contributed by atoms with Gasteiger partial charge in [-0.15, -0.1) is 0 Å². The highest BCUT2D eigenvalue weighted by molar-refractivity contribution is 5.92. The van der Waals surface area contributed by atoms with Crippen LogP contribution in [0.1, 0.15) is 35.0 Å². The molecule has 24 heavy (non-hydrogen) atoms. The monoisotopic (exact) mass is 328 g/mol. The molecular formula is C16H20N6O2. The summed E-state index contributed by atoms with van der Waals surface area (Å²) in [6.07, 6.45) is 6.68. The zero-order valence-corrected chi connectivity index (χ0v) is 14.0. The standard InChI is InChI=1S/C16H20N6O2/c1-11-15-19-12(8-14(23)20(2)3)10-21(15)6-7-22(11)16(24)13-9-17-4-5-18-13/h4-5,9-11H,6-8H2,1-3H3/t11-/m1/s1. The number of hydrogen-bond donors (Lipinski definition) is 0. The van der Waals surface area contributed by atoms with E-state index in [1.54, 1.807) is 23.9 Å². The summed E-state index contributed by atoms with van der Waals surface area (Å²) in [7, 11) is 3.45.